The van der Waals surface area contributed by atoms with E-state index in [-0.39, 0.29) is 5.91 Å². The molecule has 0 bridgehead atoms. The van der Waals surface area contributed by atoms with Gasteiger partial charge in [0.15, 0.2) is 0 Å². The number of rotatable bonds is 4. The molecule has 0 aliphatic rings. The highest BCUT2D eigenvalue weighted by Gasteiger charge is 2.11. The standard InChI is InChI=1S/C21H22N4O/c1-13-10-14(2)12-17(11-13)23-20(26)18-8-9-22-21(24-18)25-19-15(3)6-5-7-16(19)4/h5-12H,1-4H3,(H,23,26)(H,22,24,25). The first kappa shape index (κ1) is 17.6. The molecule has 1 aromatic heterocycles. The molecule has 0 aliphatic heterocycles. The van der Waals surface area contributed by atoms with Crippen LogP contribution in [0.2, 0.25) is 0 Å². The van der Waals surface area contributed by atoms with Gasteiger partial charge in [0, 0.05) is 17.6 Å². The van der Waals surface area contributed by atoms with Crippen LogP contribution in [0.3, 0.4) is 0 Å². The molecule has 2 N–H and O–H groups in total. The van der Waals surface area contributed by atoms with Crippen LogP contribution >= 0.6 is 0 Å². The van der Waals surface area contributed by atoms with Gasteiger partial charge < -0.3 is 10.6 Å². The minimum absolute atomic E-state index is 0.262. The summed E-state index contributed by atoms with van der Waals surface area (Å²) in [6.07, 6.45) is 1.58. The summed E-state index contributed by atoms with van der Waals surface area (Å²) in [4.78, 5) is 21.1. The lowest BCUT2D eigenvalue weighted by molar-refractivity contribution is 0.102. The fourth-order valence-corrected chi connectivity index (χ4v) is 2.91. The molecule has 3 aromatic rings. The molecule has 0 atom stereocenters. The third-order valence-electron chi connectivity index (χ3n) is 4.09. The van der Waals surface area contributed by atoms with E-state index in [2.05, 4.69) is 26.7 Å². The molecule has 26 heavy (non-hydrogen) atoms. The topological polar surface area (TPSA) is 66.9 Å². The van der Waals surface area contributed by atoms with Crippen molar-refractivity contribution in [2.45, 2.75) is 27.7 Å². The van der Waals surface area contributed by atoms with Crippen molar-refractivity contribution in [3.8, 4) is 0 Å². The summed E-state index contributed by atoms with van der Waals surface area (Å²) in [5, 5.41) is 6.11. The van der Waals surface area contributed by atoms with Gasteiger partial charge >= 0.3 is 0 Å². The van der Waals surface area contributed by atoms with Crippen LogP contribution < -0.4 is 10.6 Å². The number of para-hydroxylation sites is 1. The van der Waals surface area contributed by atoms with Crippen molar-refractivity contribution < 1.29 is 4.79 Å². The van der Waals surface area contributed by atoms with Gasteiger partial charge in [0.25, 0.3) is 5.91 Å². The van der Waals surface area contributed by atoms with Crippen molar-refractivity contribution in [1.82, 2.24) is 9.97 Å². The number of amides is 1. The van der Waals surface area contributed by atoms with E-state index >= 15 is 0 Å². The first-order chi connectivity index (χ1) is 12.4. The van der Waals surface area contributed by atoms with Gasteiger partial charge in [-0.3, -0.25) is 4.79 Å². The summed E-state index contributed by atoms with van der Waals surface area (Å²) >= 11 is 0. The van der Waals surface area contributed by atoms with E-state index in [9.17, 15) is 4.79 Å². The lowest BCUT2D eigenvalue weighted by Crippen LogP contribution is -2.15. The molecule has 0 spiro atoms. The van der Waals surface area contributed by atoms with Crippen LogP contribution in [-0.4, -0.2) is 15.9 Å². The summed E-state index contributed by atoms with van der Waals surface area (Å²) < 4.78 is 0. The number of benzene rings is 2. The van der Waals surface area contributed by atoms with Crippen molar-refractivity contribution >= 4 is 23.2 Å². The van der Waals surface area contributed by atoms with Crippen molar-refractivity contribution in [2.75, 3.05) is 10.6 Å². The molecular weight excluding hydrogens is 324 g/mol. The minimum atomic E-state index is -0.262. The Kier molecular flexibility index (Phi) is 4.98. The maximum atomic E-state index is 12.5. The highest BCUT2D eigenvalue weighted by molar-refractivity contribution is 6.03. The Hall–Kier alpha value is -3.21. The van der Waals surface area contributed by atoms with Crippen LogP contribution in [0.25, 0.3) is 0 Å². The van der Waals surface area contributed by atoms with Gasteiger partial charge in [0.05, 0.1) is 0 Å². The van der Waals surface area contributed by atoms with Crippen LogP contribution in [0.5, 0.6) is 0 Å². The monoisotopic (exact) mass is 346 g/mol. The number of aromatic nitrogens is 2. The lowest BCUT2D eigenvalue weighted by Gasteiger charge is -2.12. The number of nitrogens with one attached hydrogen (secondary N) is 2. The number of aryl methyl sites for hydroxylation is 4. The second-order valence-corrected chi connectivity index (χ2v) is 6.49. The van der Waals surface area contributed by atoms with Crippen molar-refractivity contribution in [3.63, 3.8) is 0 Å². The average molecular weight is 346 g/mol. The normalized spacial score (nSPS) is 10.5. The van der Waals surface area contributed by atoms with E-state index < -0.39 is 0 Å². The maximum absolute atomic E-state index is 12.5. The Morgan fingerprint density at radius 3 is 2.23 bits per heavy atom. The van der Waals surface area contributed by atoms with Gasteiger partial charge in [0.1, 0.15) is 5.69 Å². The van der Waals surface area contributed by atoms with Crippen LogP contribution in [-0.2, 0) is 0 Å². The molecule has 5 nitrogen and oxygen atoms in total. The zero-order valence-electron chi connectivity index (χ0n) is 15.4. The SMILES string of the molecule is Cc1cc(C)cc(NC(=O)c2ccnc(Nc3c(C)cccc3C)n2)c1. The zero-order valence-corrected chi connectivity index (χ0v) is 15.4. The molecule has 132 valence electrons. The van der Waals surface area contributed by atoms with Gasteiger partial charge in [-0.05, 0) is 68.1 Å². The van der Waals surface area contributed by atoms with Gasteiger partial charge in [0.2, 0.25) is 5.95 Å². The van der Waals surface area contributed by atoms with Crippen LogP contribution in [0.1, 0.15) is 32.7 Å². The Bertz CT molecular complexity index is 925. The second kappa shape index (κ2) is 7.35. The van der Waals surface area contributed by atoms with Crippen molar-refractivity contribution in [2.24, 2.45) is 0 Å². The molecular formula is C21H22N4O. The van der Waals surface area contributed by atoms with E-state index in [1.807, 2.05) is 58.0 Å². The van der Waals surface area contributed by atoms with Crippen molar-refractivity contribution in [3.05, 3.63) is 76.6 Å². The minimum Gasteiger partial charge on any atom is -0.324 e. The number of nitrogens with zero attached hydrogens (tertiary/aromatic N) is 2. The van der Waals surface area contributed by atoms with Crippen molar-refractivity contribution in [1.29, 1.82) is 0 Å². The third-order valence-corrected chi connectivity index (χ3v) is 4.09. The highest BCUT2D eigenvalue weighted by atomic mass is 16.1. The first-order valence-corrected chi connectivity index (χ1v) is 8.48. The van der Waals surface area contributed by atoms with Crippen LogP contribution in [0.15, 0.2) is 48.7 Å². The van der Waals surface area contributed by atoms with E-state index in [0.717, 1.165) is 33.6 Å². The fourth-order valence-electron chi connectivity index (χ4n) is 2.91. The summed E-state index contributed by atoms with van der Waals surface area (Å²) in [6.45, 7) is 8.04. The van der Waals surface area contributed by atoms with Crippen LogP contribution in [0, 0.1) is 27.7 Å². The molecule has 0 aliphatic carbocycles. The average Bonchev–Trinajstić information content (AvgIpc) is 2.57. The van der Waals surface area contributed by atoms with Gasteiger partial charge in [-0.2, -0.15) is 0 Å². The third kappa shape index (κ3) is 4.06. The first-order valence-electron chi connectivity index (χ1n) is 8.48. The summed E-state index contributed by atoms with van der Waals surface area (Å²) in [7, 11) is 0. The molecule has 0 fully saturated rings. The molecule has 5 heteroatoms. The maximum Gasteiger partial charge on any atom is 0.274 e. The van der Waals surface area contributed by atoms with E-state index in [1.165, 1.54) is 0 Å². The smallest absolute Gasteiger partial charge is 0.274 e. The Morgan fingerprint density at radius 1 is 0.923 bits per heavy atom. The predicted octanol–water partition coefficient (Wildman–Crippen LogP) is 4.71. The van der Waals surface area contributed by atoms with E-state index in [0.29, 0.717) is 11.6 Å². The molecule has 0 unspecified atom stereocenters. The fraction of sp³-hybridized carbons (Fsp3) is 0.190. The van der Waals surface area contributed by atoms with Crippen LogP contribution in [0.4, 0.5) is 17.3 Å². The Balaban J connectivity index is 1.81. The predicted molar refractivity (Wildman–Crippen MR) is 105 cm³/mol. The molecule has 0 saturated carbocycles. The number of anilines is 3. The van der Waals surface area contributed by atoms with Gasteiger partial charge in [-0.25, -0.2) is 9.97 Å². The number of carbonyl (C=O) groups excluding carboxylic acids is 1. The number of carbonyl (C=O) groups is 1. The molecule has 2 aromatic carbocycles. The molecule has 1 amide bonds. The van der Waals surface area contributed by atoms with Gasteiger partial charge in [-0.15, -0.1) is 0 Å². The summed E-state index contributed by atoms with van der Waals surface area (Å²) in [5.74, 6) is 0.137. The molecule has 3 rings (SSSR count). The lowest BCUT2D eigenvalue weighted by atomic mass is 10.1. The van der Waals surface area contributed by atoms with E-state index in [1.54, 1.807) is 12.3 Å². The van der Waals surface area contributed by atoms with E-state index in [4.69, 9.17) is 0 Å². The highest BCUT2D eigenvalue weighted by Crippen LogP contribution is 2.22. The zero-order chi connectivity index (χ0) is 18.7. The Labute approximate surface area is 153 Å². The summed E-state index contributed by atoms with van der Waals surface area (Å²) in [5.41, 5.74) is 6.42. The number of hydrogen-bond acceptors (Lipinski definition) is 4. The quantitative estimate of drug-likeness (QED) is 0.718. The Morgan fingerprint density at radius 2 is 1.58 bits per heavy atom. The molecule has 0 radical (unpaired) electrons. The summed E-state index contributed by atoms with van der Waals surface area (Å²) in [6, 6.07) is 13.6. The van der Waals surface area contributed by atoms with Gasteiger partial charge in [-0.1, -0.05) is 24.3 Å². The molecule has 1 heterocycles. The largest absolute Gasteiger partial charge is 0.324 e. The molecule has 0 saturated heterocycles. The number of hydrogen-bond donors (Lipinski definition) is 2. The second-order valence-electron chi connectivity index (χ2n) is 6.49.